The van der Waals surface area contributed by atoms with Crippen molar-refractivity contribution < 1.29 is 4.79 Å². The molecular weight excluding hydrogens is 314 g/mol. The van der Waals surface area contributed by atoms with E-state index in [0.717, 1.165) is 31.7 Å². The average molecular weight is 337 g/mol. The Bertz CT molecular complexity index is 700. The fourth-order valence-electron chi connectivity index (χ4n) is 3.68. The van der Waals surface area contributed by atoms with Crippen LogP contribution in [0.3, 0.4) is 0 Å². The molecule has 0 bridgehead atoms. The van der Waals surface area contributed by atoms with E-state index in [0.29, 0.717) is 6.54 Å². The van der Waals surface area contributed by atoms with Crippen LogP contribution in [0.2, 0.25) is 0 Å². The summed E-state index contributed by atoms with van der Waals surface area (Å²) in [6.07, 6.45) is 3.63. The second-order valence-electron chi connectivity index (χ2n) is 6.54. The van der Waals surface area contributed by atoms with Crippen LogP contribution in [0.4, 0.5) is 5.69 Å². The summed E-state index contributed by atoms with van der Waals surface area (Å²) in [5.74, 6) is 0.176. The second kappa shape index (κ2) is 7.21. The number of hydrazine groups is 1. The van der Waals surface area contributed by atoms with Crippen molar-refractivity contribution in [1.29, 1.82) is 0 Å². The summed E-state index contributed by atoms with van der Waals surface area (Å²) in [6.45, 7) is 3.92. The SMILES string of the molecule is O=C(C1CNNC1c1ccccc1)N1CCN(c2ccncc2)CC1. The van der Waals surface area contributed by atoms with E-state index in [9.17, 15) is 4.79 Å². The van der Waals surface area contributed by atoms with Gasteiger partial charge in [-0.3, -0.25) is 15.2 Å². The Morgan fingerprint density at radius 1 is 1.00 bits per heavy atom. The second-order valence-corrected chi connectivity index (χ2v) is 6.54. The molecule has 6 nitrogen and oxygen atoms in total. The van der Waals surface area contributed by atoms with E-state index >= 15 is 0 Å². The van der Waals surface area contributed by atoms with Crippen LogP contribution in [0.5, 0.6) is 0 Å². The van der Waals surface area contributed by atoms with Gasteiger partial charge in [0, 0.05) is 50.8 Å². The Morgan fingerprint density at radius 2 is 1.72 bits per heavy atom. The van der Waals surface area contributed by atoms with E-state index in [1.54, 1.807) is 0 Å². The summed E-state index contributed by atoms with van der Waals surface area (Å²) >= 11 is 0. The van der Waals surface area contributed by atoms with Gasteiger partial charge in [-0.25, -0.2) is 5.43 Å². The van der Waals surface area contributed by atoms with Gasteiger partial charge in [-0.2, -0.15) is 0 Å². The molecule has 2 aliphatic rings. The standard InChI is InChI=1S/C19H23N5O/c25-19(17-14-21-22-18(17)15-4-2-1-3-5-15)24-12-10-23(11-13-24)16-6-8-20-9-7-16/h1-9,17-18,21-22H,10-14H2. The van der Waals surface area contributed by atoms with Gasteiger partial charge >= 0.3 is 0 Å². The van der Waals surface area contributed by atoms with Crippen molar-refractivity contribution in [2.24, 2.45) is 5.92 Å². The summed E-state index contributed by atoms with van der Waals surface area (Å²) in [4.78, 5) is 21.4. The molecule has 2 atom stereocenters. The maximum absolute atomic E-state index is 13.0. The fourth-order valence-corrected chi connectivity index (χ4v) is 3.68. The minimum atomic E-state index is -0.0603. The summed E-state index contributed by atoms with van der Waals surface area (Å²) in [7, 11) is 0. The van der Waals surface area contributed by atoms with E-state index in [1.807, 2.05) is 47.6 Å². The van der Waals surface area contributed by atoms with Gasteiger partial charge in [0.1, 0.15) is 0 Å². The highest BCUT2D eigenvalue weighted by Crippen LogP contribution is 2.27. The van der Waals surface area contributed by atoms with E-state index in [4.69, 9.17) is 0 Å². The van der Waals surface area contributed by atoms with Crippen molar-refractivity contribution in [2.45, 2.75) is 6.04 Å². The van der Waals surface area contributed by atoms with Crippen molar-refractivity contribution in [3.63, 3.8) is 0 Å². The van der Waals surface area contributed by atoms with Gasteiger partial charge in [-0.15, -0.1) is 0 Å². The quantitative estimate of drug-likeness (QED) is 0.881. The van der Waals surface area contributed by atoms with Crippen LogP contribution >= 0.6 is 0 Å². The number of rotatable bonds is 3. The molecule has 3 heterocycles. The molecule has 1 amide bonds. The zero-order valence-electron chi connectivity index (χ0n) is 14.1. The molecule has 0 saturated carbocycles. The van der Waals surface area contributed by atoms with Crippen LogP contribution in [0.1, 0.15) is 11.6 Å². The lowest BCUT2D eigenvalue weighted by Gasteiger charge is -2.37. The lowest BCUT2D eigenvalue weighted by Crippen LogP contribution is -2.51. The lowest BCUT2D eigenvalue weighted by molar-refractivity contribution is -0.135. The number of amides is 1. The smallest absolute Gasteiger partial charge is 0.229 e. The highest BCUT2D eigenvalue weighted by molar-refractivity contribution is 5.80. The van der Waals surface area contributed by atoms with Gasteiger partial charge in [0.25, 0.3) is 0 Å². The summed E-state index contributed by atoms with van der Waals surface area (Å²) < 4.78 is 0. The number of anilines is 1. The highest BCUT2D eigenvalue weighted by atomic mass is 16.2. The number of benzene rings is 1. The minimum absolute atomic E-state index is 0.0342. The molecule has 0 radical (unpaired) electrons. The number of aromatic nitrogens is 1. The molecule has 2 aliphatic heterocycles. The zero-order chi connectivity index (χ0) is 17.1. The molecule has 0 spiro atoms. The summed E-state index contributed by atoms with van der Waals surface area (Å²) in [5.41, 5.74) is 8.75. The molecular formula is C19H23N5O. The topological polar surface area (TPSA) is 60.5 Å². The molecule has 1 aromatic carbocycles. The summed E-state index contributed by atoms with van der Waals surface area (Å²) in [6, 6.07) is 14.3. The Labute approximate surface area is 147 Å². The molecule has 2 unspecified atom stereocenters. The molecule has 2 fully saturated rings. The molecule has 1 aromatic heterocycles. The fraction of sp³-hybridized carbons (Fsp3) is 0.368. The first-order chi connectivity index (χ1) is 12.3. The maximum Gasteiger partial charge on any atom is 0.229 e. The van der Waals surface area contributed by atoms with E-state index in [-0.39, 0.29) is 17.9 Å². The van der Waals surface area contributed by atoms with E-state index in [1.165, 1.54) is 5.69 Å². The van der Waals surface area contributed by atoms with Crippen LogP contribution in [-0.2, 0) is 4.79 Å². The molecule has 2 aromatic rings. The third-order valence-electron chi connectivity index (χ3n) is 5.08. The van der Waals surface area contributed by atoms with E-state index in [2.05, 4.69) is 32.9 Å². The Hall–Kier alpha value is -2.44. The van der Waals surface area contributed by atoms with Crippen LogP contribution in [-0.4, -0.2) is 48.5 Å². The van der Waals surface area contributed by atoms with Gasteiger partial charge in [-0.05, 0) is 17.7 Å². The number of nitrogens with one attached hydrogen (secondary N) is 2. The van der Waals surface area contributed by atoms with Gasteiger partial charge < -0.3 is 9.80 Å². The number of piperazine rings is 1. The Kier molecular flexibility index (Phi) is 4.63. The van der Waals surface area contributed by atoms with Crippen LogP contribution in [0, 0.1) is 5.92 Å². The molecule has 6 heteroatoms. The zero-order valence-corrected chi connectivity index (χ0v) is 14.1. The first kappa shape index (κ1) is 16.1. The molecule has 25 heavy (non-hydrogen) atoms. The highest BCUT2D eigenvalue weighted by Gasteiger charge is 2.37. The molecule has 2 saturated heterocycles. The monoisotopic (exact) mass is 337 g/mol. The minimum Gasteiger partial charge on any atom is -0.368 e. The number of hydrogen-bond acceptors (Lipinski definition) is 5. The van der Waals surface area contributed by atoms with Gasteiger partial charge in [0.15, 0.2) is 0 Å². The maximum atomic E-state index is 13.0. The summed E-state index contributed by atoms with van der Waals surface area (Å²) in [5, 5.41) is 0. The molecule has 130 valence electrons. The molecule has 4 rings (SSSR count). The van der Waals surface area contributed by atoms with Crippen LogP contribution in [0.15, 0.2) is 54.9 Å². The van der Waals surface area contributed by atoms with Crippen molar-refractivity contribution in [3.8, 4) is 0 Å². The first-order valence-electron chi connectivity index (χ1n) is 8.80. The van der Waals surface area contributed by atoms with Gasteiger partial charge in [0.05, 0.1) is 12.0 Å². The average Bonchev–Trinajstić information content (AvgIpc) is 3.19. The number of hydrogen-bond donors (Lipinski definition) is 2. The number of carbonyl (C=O) groups is 1. The Balaban J connectivity index is 1.40. The van der Waals surface area contributed by atoms with Crippen molar-refractivity contribution in [1.82, 2.24) is 20.7 Å². The third-order valence-corrected chi connectivity index (χ3v) is 5.08. The van der Waals surface area contributed by atoms with E-state index < -0.39 is 0 Å². The lowest BCUT2D eigenvalue weighted by atomic mass is 9.93. The van der Waals surface area contributed by atoms with Crippen LogP contribution in [0.25, 0.3) is 0 Å². The van der Waals surface area contributed by atoms with Gasteiger partial charge in [-0.1, -0.05) is 30.3 Å². The van der Waals surface area contributed by atoms with Crippen molar-refractivity contribution >= 4 is 11.6 Å². The van der Waals surface area contributed by atoms with Crippen molar-refractivity contribution in [3.05, 3.63) is 60.4 Å². The van der Waals surface area contributed by atoms with Crippen LogP contribution < -0.4 is 15.8 Å². The normalized spacial score (nSPS) is 23.7. The molecule has 2 N–H and O–H groups in total. The third kappa shape index (κ3) is 3.36. The predicted molar refractivity (Wildman–Crippen MR) is 96.8 cm³/mol. The van der Waals surface area contributed by atoms with Gasteiger partial charge in [0.2, 0.25) is 5.91 Å². The number of pyridine rings is 1. The first-order valence-corrected chi connectivity index (χ1v) is 8.80. The number of carbonyl (C=O) groups excluding carboxylic acids is 1. The Morgan fingerprint density at radius 3 is 2.44 bits per heavy atom. The number of nitrogens with zero attached hydrogens (tertiary/aromatic N) is 3. The predicted octanol–water partition coefficient (Wildman–Crippen LogP) is 1.20. The molecule has 0 aliphatic carbocycles. The largest absolute Gasteiger partial charge is 0.368 e. The van der Waals surface area contributed by atoms with Crippen molar-refractivity contribution in [2.75, 3.05) is 37.6 Å².